The predicted octanol–water partition coefficient (Wildman–Crippen LogP) is 5.02. The number of hydrogen-bond acceptors (Lipinski definition) is 1. The standard InChI is InChI=1S/C14H13BrClN/c1-10-3-2-4-12(7-10)17-9-11-5-6-13(15)14(16)8-11/h2-8,17H,9H2,1H3. The minimum atomic E-state index is 0.744. The lowest BCUT2D eigenvalue weighted by atomic mass is 10.2. The number of aryl methyl sites for hydroxylation is 1. The molecule has 17 heavy (non-hydrogen) atoms. The second-order valence-electron chi connectivity index (χ2n) is 3.97. The van der Waals surface area contributed by atoms with Crippen LogP contribution in [0.3, 0.4) is 0 Å². The van der Waals surface area contributed by atoms with Crippen molar-refractivity contribution in [3.63, 3.8) is 0 Å². The molecular weight excluding hydrogens is 298 g/mol. The summed E-state index contributed by atoms with van der Waals surface area (Å²) in [6.45, 7) is 2.86. The van der Waals surface area contributed by atoms with Crippen LogP contribution in [0.5, 0.6) is 0 Å². The molecule has 0 saturated carbocycles. The number of halogens is 2. The van der Waals surface area contributed by atoms with E-state index < -0.39 is 0 Å². The van der Waals surface area contributed by atoms with E-state index in [1.807, 2.05) is 18.2 Å². The molecule has 0 unspecified atom stereocenters. The lowest BCUT2D eigenvalue weighted by molar-refractivity contribution is 1.15. The van der Waals surface area contributed by atoms with Gasteiger partial charge in [-0.3, -0.25) is 0 Å². The van der Waals surface area contributed by atoms with Crippen LogP contribution in [0.15, 0.2) is 46.9 Å². The number of nitrogens with one attached hydrogen (secondary N) is 1. The van der Waals surface area contributed by atoms with E-state index in [1.54, 1.807) is 0 Å². The van der Waals surface area contributed by atoms with Crippen LogP contribution in [0.4, 0.5) is 5.69 Å². The molecule has 0 aliphatic heterocycles. The molecule has 1 N–H and O–H groups in total. The minimum Gasteiger partial charge on any atom is -0.381 e. The highest BCUT2D eigenvalue weighted by Gasteiger charge is 1.99. The summed E-state index contributed by atoms with van der Waals surface area (Å²) in [6.07, 6.45) is 0. The van der Waals surface area contributed by atoms with E-state index in [-0.39, 0.29) is 0 Å². The van der Waals surface area contributed by atoms with Gasteiger partial charge in [-0.05, 0) is 58.2 Å². The van der Waals surface area contributed by atoms with Gasteiger partial charge in [-0.15, -0.1) is 0 Å². The van der Waals surface area contributed by atoms with Gasteiger partial charge in [0.25, 0.3) is 0 Å². The molecule has 0 amide bonds. The van der Waals surface area contributed by atoms with Gasteiger partial charge in [-0.25, -0.2) is 0 Å². The zero-order valence-electron chi connectivity index (χ0n) is 9.50. The maximum atomic E-state index is 6.05. The average molecular weight is 311 g/mol. The van der Waals surface area contributed by atoms with Crippen molar-refractivity contribution in [1.82, 2.24) is 0 Å². The van der Waals surface area contributed by atoms with Crippen LogP contribution >= 0.6 is 27.5 Å². The lowest BCUT2D eigenvalue weighted by Gasteiger charge is -2.08. The minimum absolute atomic E-state index is 0.744. The Morgan fingerprint density at radius 1 is 1.18 bits per heavy atom. The van der Waals surface area contributed by atoms with Crippen LogP contribution in [0.1, 0.15) is 11.1 Å². The number of benzene rings is 2. The van der Waals surface area contributed by atoms with E-state index in [2.05, 4.69) is 52.4 Å². The van der Waals surface area contributed by atoms with Crippen molar-refractivity contribution in [2.24, 2.45) is 0 Å². The fourth-order valence-electron chi connectivity index (χ4n) is 1.61. The SMILES string of the molecule is Cc1cccc(NCc2ccc(Br)c(Cl)c2)c1. The molecule has 2 aromatic carbocycles. The molecule has 0 fully saturated rings. The first-order valence-electron chi connectivity index (χ1n) is 5.39. The van der Waals surface area contributed by atoms with Gasteiger partial charge in [-0.1, -0.05) is 29.8 Å². The van der Waals surface area contributed by atoms with Gasteiger partial charge < -0.3 is 5.32 Å². The Hall–Kier alpha value is -0.990. The Morgan fingerprint density at radius 3 is 2.71 bits per heavy atom. The van der Waals surface area contributed by atoms with Gasteiger partial charge in [0.05, 0.1) is 5.02 Å². The third kappa shape index (κ3) is 3.48. The van der Waals surface area contributed by atoms with Crippen LogP contribution in [-0.4, -0.2) is 0 Å². The van der Waals surface area contributed by atoms with Gasteiger partial charge in [0.15, 0.2) is 0 Å². The van der Waals surface area contributed by atoms with Crippen molar-refractivity contribution in [3.8, 4) is 0 Å². The molecular formula is C14H13BrClN. The van der Waals surface area contributed by atoms with E-state index in [9.17, 15) is 0 Å². The summed E-state index contributed by atoms with van der Waals surface area (Å²) in [5.41, 5.74) is 3.55. The Labute approximate surface area is 115 Å². The van der Waals surface area contributed by atoms with Gasteiger partial charge in [0, 0.05) is 16.7 Å². The lowest BCUT2D eigenvalue weighted by Crippen LogP contribution is -1.99. The van der Waals surface area contributed by atoms with E-state index in [4.69, 9.17) is 11.6 Å². The Morgan fingerprint density at radius 2 is 2.00 bits per heavy atom. The molecule has 0 heterocycles. The highest BCUT2D eigenvalue weighted by atomic mass is 79.9. The van der Waals surface area contributed by atoms with Crippen molar-refractivity contribution < 1.29 is 0 Å². The summed E-state index contributed by atoms with van der Waals surface area (Å²) >= 11 is 9.43. The fourth-order valence-corrected chi connectivity index (χ4v) is 2.06. The monoisotopic (exact) mass is 309 g/mol. The molecule has 0 saturated heterocycles. The Kier molecular flexibility index (Phi) is 4.08. The molecule has 0 aliphatic rings. The topological polar surface area (TPSA) is 12.0 Å². The molecule has 0 spiro atoms. The molecule has 2 aromatic rings. The molecule has 0 radical (unpaired) electrons. The first kappa shape index (κ1) is 12.5. The summed E-state index contributed by atoms with van der Waals surface area (Å²) in [6, 6.07) is 14.3. The molecule has 88 valence electrons. The number of hydrogen-bond donors (Lipinski definition) is 1. The van der Waals surface area contributed by atoms with E-state index in [1.165, 1.54) is 11.1 Å². The van der Waals surface area contributed by atoms with Gasteiger partial charge in [0.1, 0.15) is 0 Å². The zero-order valence-corrected chi connectivity index (χ0v) is 11.8. The first-order valence-corrected chi connectivity index (χ1v) is 6.57. The van der Waals surface area contributed by atoms with Crippen molar-refractivity contribution >= 4 is 33.2 Å². The second kappa shape index (κ2) is 5.56. The molecule has 0 bridgehead atoms. The molecule has 0 aliphatic carbocycles. The van der Waals surface area contributed by atoms with Crippen LogP contribution in [0, 0.1) is 6.92 Å². The summed E-state index contributed by atoms with van der Waals surface area (Å²) in [7, 11) is 0. The maximum Gasteiger partial charge on any atom is 0.0551 e. The average Bonchev–Trinajstić information content (AvgIpc) is 2.31. The normalized spacial score (nSPS) is 10.3. The van der Waals surface area contributed by atoms with Crippen LogP contribution in [-0.2, 0) is 6.54 Å². The van der Waals surface area contributed by atoms with Crippen molar-refractivity contribution in [1.29, 1.82) is 0 Å². The van der Waals surface area contributed by atoms with Gasteiger partial charge in [0.2, 0.25) is 0 Å². The quantitative estimate of drug-likeness (QED) is 0.839. The maximum absolute atomic E-state index is 6.05. The molecule has 1 nitrogen and oxygen atoms in total. The van der Waals surface area contributed by atoms with Crippen LogP contribution in [0.25, 0.3) is 0 Å². The number of rotatable bonds is 3. The largest absolute Gasteiger partial charge is 0.381 e. The van der Waals surface area contributed by atoms with Crippen LogP contribution < -0.4 is 5.32 Å². The smallest absolute Gasteiger partial charge is 0.0551 e. The fraction of sp³-hybridized carbons (Fsp3) is 0.143. The summed E-state index contributed by atoms with van der Waals surface area (Å²) in [5.74, 6) is 0. The zero-order chi connectivity index (χ0) is 12.3. The molecule has 0 atom stereocenters. The molecule has 0 aromatic heterocycles. The van der Waals surface area contributed by atoms with Crippen molar-refractivity contribution in [2.75, 3.05) is 5.32 Å². The van der Waals surface area contributed by atoms with E-state index in [0.717, 1.165) is 21.7 Å². The number of anilines is 1. The summed E-state index contributed by atoms with van der Waals surface area (Å²) < 4.78 is 0.929. The highest BCUT2D eigenvalue weighted by Crippen LogP contribution is 2.23. The molecule has 3 heteroatoms. The van der Waals surface area contributed by atoms with Crippen molar-refractivity contribution in [3.05, 3.63) is 63.1 Å². The third-order valence-corrected chi connectivity index (χ3v) is 3.73. The van der Waals surface area contributed by atoms with Crippen LogP contribution in [0.2, 0.25) is 5.02 Å². The Bertz CT molecular complexity index is 525. The highest BCUT2D eigenvalue weighted by molar-refractivity contribution is 9.10. The Balaban J connectivity index is 2.05. The third-order valence-electron chi connectivity index (χ3n) is 2.50. The summed E-state index contributed by atoms with van der Waals surface area (Å²) in [4.78, 5) is 0. The van der Waals surface area contributed by atoms with Gasteiger partial charge >= 0.3 is 0 Å². The predicted molar refractivity (Wildman–Crippen MR) is 77.7 cm³/mol. The second-order valence-corrected chi connectivity index (χ2v) is 5.23. The van der Waals surface area contributed by atoms with E-state index in [0.29, 0.717) is 0 Å². The van der Waals surface area contributed by atoms with Gasteiger partial charge in [-0.2, -0.15) is 0 Å². The van der Waals surface area contributed by atoms with Crippen molar-refractivity contribution in [2.45, 2.75) is 13.5 Å². The summed E-state index contributed by atoms with van der Waals surface area (Å²) in [5, 5.41) is 4.12. The van der Waals surface area contributed by atoms with E-state index >= 15 is 0 Å². The molecule has 2 rings (SSSR count). The first-order chi connectivity index (χ1) is 8.15.